The molecule has 152 valence electrons. The van der Waals surface area contributed by atoms with Crippen LogP contribution in [0.2, 0.25) is 0 Å². The molecule has 1 amide bonds. The van der Waals surface area contributed by atoms with E-state index < -0.39 is 0 Å². The van der Waals surface area contributed by atoms with E-state index in [1.165, 1.54) is 12.1 Å². The Kier molecular flexibility index (Phi) is 5.89. The van der Waals surface area contributed by atoms with Crippen molar-refractivity contribution in [1.29, 1.82) is 0 Å². The number of rotatable bonds is 6. The summed E-state index contributed by atoms with van der Waals surface area (Å²) in [5.41, 5.74) is 3.83. The van der Waals surface area contributed by atoms with Gasteiger partial charge in [0.05, 0.1) is 5.69 Å². The second-order valence-electron chi connectivity index (χ2n) is 7.28. The van der Waals surface area contributed by atoms with Crippen LogP contribution in [0, 0.1) is 4.77 Å². The Morgan fingerprint density at radius 3 is 2.79 bits per heavy atom. The van der Waals surface area contributed by atoms with Gasteiger partial charge in [0, 0.05) is 30.8 Å². The van der Waals surface area contributed by atoms with Crippen LogP contribution in [0.15, 0.2) is 30.3 Å². The number of carbonyl (C=O) groups excluding carboxylic acids is 1. The molecule has 2 heterocycles. The van der Waals surface area contributed by atoms with Crippen molar-refractivity contribution in [3.05, 3.63) is 57.9 Å². The van der Waals surface area contributed by atoms with Gasteiger partial charge in [-0.25, -0.2) is 4.68 Å². The molecule has 0 spiro atoms. The zero-order valence-corrected chi connectivity index (χ0v) is 17.5. The fourth-order valence-corrected chi connectivity index (χ4v) is 4.26. The zero-order valence-electron chi connectivity index (χ0n) is 16.6. The molecule has 4 rings (SSSR count). The van der Waals surface area contributed by atoms with Gasteiger partial charge < -0.3 is 9.88 Å². The van der Waals surface area contributed by atoms with Crippen molar-refractivity contribution in [3.8, 4) is 5.69 Å². The minimum absolute atomic E-state index is 0.116. The maximum atomic E-state index is 13.0. The Morgan fingerprint density at radius 2 is 2.00 bits per heavy atom. The van der Waals surface area contributed by atoms with E-state index in [2.05, 4.69) is 15.5 Å². The number of fused-ring (bicyclic) bond motifs is 1. The summed E-state index contributed by atoms with van der Waals surface area (Å²) in [6, 6.07) is 10.1. The highest BCUT2D eigenvalue weighted by Crippen LogP contribution is 2.26. The average molecular weight is 411 g/mol. The van der Waals surface area contributed by atoms with Gasteiger partial charge in [-0.15, -0.1) is 0 Å². The van der Waals surface area contributed by atoms with E-state index in [1.54, 1.807) is 0 Å². The number of aromatic amines is 1. The molecule has 0 unspecified atom stereocenters. The molecule has 1 aliphatic carbocycles. The van der Waals surface area contributed by atoms with E-state index in [-0.39, 0.29) is 5.91 Å². The minimum atomic E-state index is -0.116. The molecule has 0 saturated heterocycles. The van der Waals surface area contributed by atoms with Crippen molar-refractivity contribution in [2.45, 2.75) is 52.0 Å². The topological polar surface area (TPSA) is 80.5 Å². The van der Waals surface area contributed by atoms with Gasteiger partial charge in [-0.2, -0.15) is 10.2 Å². The first-order chi connectivity index (χ1) is 14.2. The Labute approximate surface area is 175 Å². The predicted molar refractivity (Wildman–Crippen MR) is 114 cm³/mol. The molecule has 0 atom stereocenters. The lowest BCUT2D eigenvalue weighted by atomic mass is 10.1. The minimum Gasteiger partial charge on any atom is -0.350 e. The fraction of sp³-hybridized carbons (Fsp3) is 0.429. The van der Waals surface area contributed by atoms with E-state index in [4.69, 9.17) is 17.3 Å². The SMILES string of the molecule is CCn1c(CCNC(=O)c2nn(-c3ccccc3)c3c2CCCCC3)n[nH]c1=S. The highest BCUT2D eigenvalue weighted by Gasteiger charge is 2.24. The molecule has 2 aromatic heterocycles. The molecule has 0 fully saturated rings. The monoisotopic (exact) mass is 410 g/mol. The van der Waals surface area contributed by atoms with E-state index in [0.717, 1.165) is 49.3 Å². The average Bonchev–Trinajstić information content (AvgIpc) is 3.18. The van der Waals surface area contributed by atoms with Crippen molar-refractivity contribution < 1.29 is 4.79 Å². The number of para-hydroxylation sites is 1. The maximum Gasteiger partial charge on any atom is 0.272 e. The van der Waals surface area contributed by atoms with Crippen molar-refractivity contribution in [2.75, 3.05) is 6.54 Å². The first-order valence-electron chi connectivity index (χ1n) is 10.3. The third-order valence-corrected chi connectivity index (χ3v) is 5.75. The van der Waals surface area contributed by atoms with Crippen LogP contribution >= 0.6 is 12.2 Å². The van der Waals surface area contributed by atoms with Crippen LogP contribution in [0.3, 0.4) is 0 Å². The third kappa shape index (κ3) is 4.03. The summed E-state index contributed by atoms with van der Waals surface area (Å²) < 4.78 is 4.51. The van der Waals surface area contributed by atoms with Gasteiger partial charge >= 0.3 is 0 Å². The summed E-state index contributed by atoms with van der Waals surface area (Å²) in [7, 11) is 0. The van der Waals surface area contributed by atoms with Crippen LogP contribution in [-0.2, 0) is 25.8 Å². The number of carbonyl (C=O) groups is 1. The Hall–Kier alpha value is -2.74. The Balaban J connectivity index is 1.55. The van der Waals surface area contributed by atoms with Crippen molar-refractivity contribution >= 4 is 18.1 Å². The van der Waals surface area contributed by atoms with E-state index in [0.29, 0.717) is 23.4 Å². The second-order valence-corrected chi connectivity index (χ2v) is 7.66. The largest absolute Gasteiger partial charge is 0.350 e. The lowest BCUT2D eigenvalue weighted by molar-refractivity contribution is 0.0947. The van der Waals surface area contributed by atoms with Gasteiger partial charge in [0.25, 0.3) is 5.91 Å². The smallest absolute Gasteiger partial charge is 0.272 e. The molecule has 0 radical (unpaired) electrons. The maximum absolute atomic E-state index is 13.0. The van der Waals surface area contributed by atoms with Gasteiger partial charge in [0.2, 0.25) is 0 Å². The predicted octanol–water partition coefficient (Wildman–Crippen LogP) is 3.39. The van der Waals surface area contributed by atoms with Crippen molar-refractivity contribution in [2.24, 2.45) is 0 Å². The molecule has 8 heteroatoms. The first-order valence-corrected chi connectivity index (χ1v) is 10.7. The summed E-state index contributed by atoms with van der Waals surface area (Å²) in [6.07, 6.45) is 5.89. The van der Waals surface area contributed by atoms with E-state index in [1.807, 2.05) is 46.5 Å². The summed E-state index contributed by atoms with van der Waals surface area (Å²) in [5.74, 6) is 0.737. The molecule has 7 nitrogen and oxygen atoms in total. The molecule has 0 aliphatic heterocycles. The summed E-state index contributed by atoms with van der Waals surface area (Å²) in [5, 5.41) is 14.8. The molecule has 29 heavy (non-hydrogen) atoms. The van der Waals surface area contributed by atoms with Crippen molar-refractivity contribution in [3.63, 3.8) is 0 Å². The zero-order chi connectivity index (χ0) is 20.2. The van der Waals surface area contributed by atoms with Gasteiger partial charge in [-0.05, 0) is 57.0 Å². The fourth-order valence-electron chi connectivity index (χ4n) is 3.98. The third-order valence-electron chi connectivity index (χ3n) is 5.43. The van der Waals surface area contributed by atoms with Crippen LogP contribution in [0.25, 0.3) is 5.69 Å². The van der Waals surface area contributed by atoms with Crippen LogP contribution in [-0.4, -0.2) is 37.0 Å². The number of hydrogen-bond donors (Lipinski definition) is 2. The standard InChI is InChI=1S/C21H26N6OS/c1-2-26-18(23-24-21(26)29)13-14-22-20(28)19-16-11-7-4-8-12-17(16)27(25-19)15-9-5-3-6-10-15/h3,5-6,9-10H,2,4,7-8,11-14H2,1H3,(H,22,28)(H,24,29). The van der Waals surface area contributed by atoms with Crippen LogP contribution in [0.5, 0.6) is 0 Å². The molecular weight excluding hydrogens is 384 g/mol. The Morgan fingerprint density at radius 1 is 1.21 bits per heavy atom. The lowest BCUT2D eigenvalue weighted by Crippen LogP contribution is -2.28. The molecule has 0 bridgehead atoms. The number of aromatic nitrogens is 5. The lowest BCUT2D eigenvalue weighted by Gasteiger charge is -2.06. The van der Waals surface area contributed by atoms with Crippen molar-refractivity contribution in [1.82, 2.24) is 29.9 Å². The van der Waals surface area contributed by atoms with Crippen LogP contribution in [0.4, 0.5) is 0 Å². The first kappa shape index (κ1) is 19.6. The van der Waals surface area contributed by atoms with Gasteiger partial charge in [-0.3, -0.25) is 9.89 Å². The van der Waals surface area contributed by atoms with Gasteiger partial charge in [-0.1, -0.05) is 24.6 Å². The highest BCUT2D eigenvalue weighted by atomic mass is 32.1. The van der Waals surface area contributed by atoms with Gasteiger partial charge in [0.15, 0.2) is 10.5 Å². The molecule has 0 saturated carbocycles. The molecule has 2 N–H and O–H groups in total. The number of nitrogens with one attached hydrogen (secondary N) is 2. The highest BCUT2D eigenvalue weighted by molar-refractivity contribution is 7.71. The number of nitrogens with zero attached hydrogens (tertiary/aromatic N) is 4. The number of hydrogen-bond acceptors (Lipinski definition) is 4. The normalized spacial score (nSPS) is 13.7. The Bertz CT molecular complexity index is 1050. The quantitative estimate of drug-likeness (QED) is 0.482. The van der Waals surface area contributed by atoms with Crippen LogP contribution in [0.1, 0.15) is 53.8 Å². The van der Waals surface area contributed by atoms with E-state index >= 15 is 0 Å². The van der Waals surface area contributed by atoms with Crippen LogP contribution < -0.4 is 5.32 Å². The molecule has 1 aromatic carbocycles. The number of amides is 1. The molecular formula is C21H26N6OS. The number of H-pyrrole nitrogens is 1. The van der Waals surface area contributed by atoms with Gasteiger partial charge in [0.1, 0.15) is 5.82 Å². The number of benzene rings is 1. The summed E-state index contributed by atoms with van der Waals surface area (Å²) in [6.45, 7) is 3.28. The van der Waals surface area contributed by atoms with E-state index in [9.17, 15) is 4.79 Å². The summed E-state index contributed by atoms with van der Waals surface area (Å²) >= 11 is 5.22. The second kappa shape index (κ2) is 8.73. The molecule has 3 aromatic rings. The molecule has 1 aliphatic rings. The summed E-state index contributed by atoms with van der Waals surface area (Å²) in [4.78, 5) is 13.0.